The first-order valence-corrected chi connectivity index (χ1v) is 5.17. The van der Waals surface area contributed by atoms with Crippen molar-refractivity contribution >= 4 is 17.7 Å². The van der Waals surface area contributed by atoms with Crippen molar-refractivity contribution in [1.29, 1.82) is 0 Å². The first-order chi connectivity index (χ1) is 6.54. The van der Waals surface area contributed by atoms with E-state index in [-0.39, 0.29) is 11.2 Å². The van der Waals surface area contributed by atoms with Crippen LogP contribution in [-0.2, 0) is 16.6 Å². The van der Waals surface area contributed by atoms with Crippen LogP contribution in [0.25, 0.3) is 0 Å². The van der Waals surface area contributed by atoms with Gasteiger partial charge < -0.3 is 4.74 Å². The number of aryl methyl sites for hydroxylation is 2. The average molecular weight is 214 g/mol. The van der Waals surface area contributed by atoms with Crippen molar-refractivity contribution in [1.82, 2.24) is 9.78 Å². The molecule has 0 saturated carbocycles. The molecular weight excluding hydrogens is 200 g/mol. The zero-order chi connectivity index (χ0) is 10.7. The van der Waals surface area contributed by atoms with Crippen molar-refractivity contribution in [2.45, 2.75) is 24.1 Å². The van der Waals surface area contributed by atoms with Gasteiger partial charge in [0, 0.05) is 7.05 Å². The second-order valence-corrected chi connectivity index (χ2v) is 4.39. The van der Waals surface area contributed by atoms with Crippen molar-refractivity contribution in [2.24, 2.45) is 7.05 Å². The van der Waals surface area contributed by atoms with E-state index >= 15 is 0 Å². The molecule has 4 nitrogen and oxygen atoms in total. The molecule has 0 radical (unpaired) electrons. The highest BCUT2D eigenvalue weighted by Gasteiger charge is 2.16. The third kappa shape index (κ3) is 2.51. The predicted molar refractivity (Wildman–Crippen MR) is 55.3 cm³/mol. The van der Waals surface area contributed by atoms with Crippen LogP contribution in [0.5, 0.6) is 0 Å². The van der Waals surface area contributed by atoms with E-state index in [9.17, 15) is 4.79 Å². The summed E-state index contributed by atoms with van der Waals surface area (Å²) < 4.78 is 6.40. The van der Waals surface area contributed by atoms with Crippen LogP contribution in [0.1, 0.15) is 12.6 Å². The van der Waals surface area contributed by atoms with Crippen molar-refractivity contribution in [3.63, 3.8) is 0 Å². The van der Waals surface area contributed by atoms with Gasteiger partial charge in [0.05, 0.1) is 17.8 Å². The molecule has 78 valence electrons. The standard InChI is InChI=1S/C9H14N2O2S/c1-6-5-8(11(3)10-6)14-7(2)9(12)13-4/h5,7H,1-4H3. The Morgan fingerprint density at radius 1 is 1.71 bits per heavy atom. The molecular formula is C9H14N2O2S. The number of carbonyl (C=O) groups excluding carboxylic acids is 1. The van der Waals surface area contributed by atoms with Gasteiger partial charge in [0.2, 0.25) is 0 Å². The normalized spacial score (nSPS) is 12.6. The zero-order valence-electron chi connectivity index (χ0n) is 8.77. The monoisotopic (exact) mass is 214 g/mol. The number of thioether (sulfide) groups is 1. The van der Waals surface area contributed by atoms with Gasteiger partial charge in [0.25, 0.3) is 0 Å². The second kappa shape index (κ2) is 4.50. The van der Waals surface area contributed by atoms with Gasteiger partial charge in [-0.05, 0) is 19.9 Å². The Morgan fingerprint density at radius 2 is 2.36 bits per heavy atom. The summed E-state index contributed by atoms with van der Waals surface area (Å²) in [7, 11) is 3.26. The minimum absolute atomic E-state index is 0.199. The minimum Gasteiger partial charge on any atom is -0.468 e. The third-order valence-corrected chi connectivity index (χ3v) is 2.96. The molecule has 1 atom stereocenters. The van der Waals surface area contributed by atoms with Crippen LogP contribution in [0.3, 0.4) is 0 Å². The molecule has 14 heavy (non-hydrogen) atoms. The van der Waals surface area contributed by atoms with Crippen LogP contribution in [0.15, 0.2) is 11.1 Å². The predicted octanol–water partition coefficient (Wildman–Crippen LogP) is 1.38. The van der Waals surface area contributed by atoms with Gasteiger partial charge in [-0.2, -0.15) is 5.10 Å². The highest BCUT2D eigenvalue weighted by atomic mass is 32.2. The van der Waals surface area contributed by atoms with E-state index in [1.807, 2.05) is 27.0 Å². The SMILES string of the molecule is COC(=O)C(C)Sc1cc(C)nn1C. The van der Waals surface area contributed by atoms with E-state index in [1.165, 1.54) is 18.9 Å². The van der Waals surface area contributed by atoms with Crippen LogP contribution >= 0.6 is 11.8 Å². The van der Waals surface area contributed by atoms with Gasteiger partial charge in [-0.1, -0.05) is 11.8 Å². The lowest BCUT2D eigenvalue weighted by atomic mass is 10.5. The lowest BCUT2D eigenvalue weighted by Crippen LogP contribution is -2.15. The van der Waals surface area contributed by atoms with Crippen LogP contribution in [0.2, 0.25) is 0 Å². The van der Waals surface area contributed by atoms with E-state index < -0.39 is 0 Å². The molecule has 0 aliphatic heterocycles. The molecule has 0 fully saturated rings. The number of hydrogen-bond acceptors (Lipinski definition) is 4. The van der Waals surface area contributed by atoms with Crippen molar-refractivity contribution in [2.75, 3.05) is 7.11 Å². The topological polar surface area (TPSA) is 44.1 Å². The number of ether oxygens (including phenoxy) is 1. The maximum Gasteiger partial charge on any atom is 0.318 e. The lowest BCUT2D eigenvalue weighted by molar-refractivity contribution is -0.139. The fraction of sp³-hybridized carbons (Fsp3) is 0.556. The van der Waals surface area contributed by atoms with Crippen LogP contribution in [0, 0.1) is 6.92 Å². The van der Waals surface area contributed by atoms with Crippen molar-refractivity contribution in [3.05, 3.63) is 11.8 Å². The van der Waals surface area contributed by atoms with E-state index in [4.69, 9.17) is 0 Å². The molecule has 0 spiro atoms. The molecule has 1 aromatic rings. The third-order valence-electron chi connectivity index (χ3n) is 1.79. The Kier molecular flexibility index (Phi) is 3.57. The summed E-state index contributed by atoms with van der Waals surface area (Å²) in [6.45, 7) is 3.74. The summed E-state index contributed by atoms with van der Waals surface area (Å²) in [5.41, 5.74) is 0.951. The smallest absolute Gasteiger partial charge is 0.318 e. The Balaban J connectivity index is 2.69. The molecule has 0 amide bonds. The van der Waals surface area contributed by atoms with Gasteiger partial charge in [-0.3, -0.25) is 9.48 Å². The number of carbonyl (C=O) groups is 1. The van der Waals surface area contributed by atoms with Crippen LogP contribution < -0.4 is 0 Å². The summed E-state index contributed by atoms with van der Waals surface area (Å²) in [4.78, 5) is 11.2. The number of esters is 1. The highest BCUT2D eigenvalue weighted by Crippen LogP contribution is 2.23. The first kappa shape index (κ1) is 11.1. The Bertz CT molecular complexity index is 336. The number of hydrogen-bond donors (Lipinski definition) is 0. The Labute approximate surface area is 87.6 Å². The number of nitrogens with zero attached hydrogens (tertiary/aromatic N) is 2. The molecule has 0 aromatic carbocycles. The number of aromatic nitrogens is 2. The molecule has 0 aliphatic carbocycles. The summed E-state index contributed by atoms with van der Waals surface area (Å²) in [6.07, 6.45) is 0. The molecule has 5 heteroatoms. The first-order valence-electron chi connectivity index (χ1n) is 4.29. The van der Waals surface area contributed by atoms with Gasteiger partial charge in [-0.15, -0.1) is 0 Å². The Hall–Kier alpha value is -0.970. The number of rotatable bonds is 3. The average Bonchev–Trinajstić information content (AvgIpc) is 2.44. The fourth-order valence-electron chi connectivity index (χ4n) is 1.09. The lowest BCUT2D eigenvalue weighted by Gasteiger charge is -2.07. The summed E-state index contributed by atoms with van der Waals surface area (Å²) in [6, 6.07) is 1.95. The Morgan fingerprint density at radius 3 is 2.79 bits per heavy atom. The molecule has 0 bridgehead atoms. The largest absolute Gasteiger partial charge is 0.468 e. The molecule has 0 N–H and O–H groups in total. The molecule has 1 aromatic heterocycles. The van der Waals surface area contributed by atoms with Crippen molar-refractivity contribution in [3.8, 4) is 0 Å². The molecule has 0 aliphatic rings. The number of methoxy groups -OCH3 is 1. The van der Waals surface area contributed by atoms with Gasteiger partial charge in [-0.25, -0.2) is 0 Å². The quantitative estimate of drug-likeness (QED) is 0.563. The summed E-state index contributed by atoms with van der Waals surface area (Å²) in [5, 5.41) is 4.97. The van der Waals surface area contributed by atoms with Crippen molar-refractivity contribution < 1.29 is 9.53 Å². The van der Waals surface area contributed by atoms with E-state index in [1.54, 1.807) is 4.68 Å². The minimum atomic E-state index is -0.214. The maximum atomic E-state index is 11.2. The van der Waals surface area contributed by atoms with E-state index in [0.29, 0.717) is 0 Å². The highest BCUT2D eigenvalue weighted by molar-refractivity contribution is 8.00. The fourth-order valence-corrected chi connectivity index (χ4v) is 2.08. The van der Waals surface area contributed by atoms with E-state index in [2.05, 4.69) is 9.84 Å². The zero-order valence-corrected chi connectivity index (χ0v) is 9.59. The molecule has 0 saturated heterocycles. The summed E-state index contributed by atoms with van der Waals surface area (Å²) >= 11 is 1.45. The molecule has 1 rings (SSSR count). The molecule has 1 heterocycles. The molecule has 1 unspecified atom stereocenters. The van der Waals surface area contributed by atoms with E-state index in [0.717, 1.165) is 10.7 Å². The van der Waals surface area contributed by atoms with Gasteiger partial charge >= 0.3 is 5.97 Å². The maximum absolute atomic E-state index is 11.2. The van der Waals surface area contributed by atoms with Gasteiger partial charge in [0.15, 0.2) is 0 Å². The van der Waals surface area contributed by atoms with Crippen LogP contribution in [-0.4, -0.2) is 28.1 Å². The second-order valence-electron chi connectivity index (χ2n) is 3.03. The summed E-state index contributed by atoms with van der Waals surface area (Å²) in [5.74, 6) is -0.214. The van der Waals surface area contributed by atoms with Crippen LogP contribution in [0.4, 0.5) is 0 Å². The van der Waals surface area contributed by atoms with Gasteiger partial charge in [0.1, 0.15) is 5.25 Å².